The van der Waals surface area contributed by atoms with Gasteiger partial charge in [0, 0.05) is 29.4 Å². The number of nitrogens with one attached hydrogen (secondary N) is 1. The SMILES string of the molecule is COc1ccc(Cl)c2sc(N(CCN(C)C)C(=O)c3ccc(NS(=O)(=O)c4ccc(Cl)cc4)cc3)nc12.Cl. The van der Waals surface area contributed by atoms with E-state index in [1.165, 1.54) is 35.6 Å². The molecule has 0 saturated carbocycles. The van der Waals surface area contributed by atoms with E-state index in [4.69, 9.17) is 27.9 Å². The van der Waals surface area contributed by atoms with Crippen LogP contribution in [0.25, 0.3) is 10.2 Å². The fourth-order valence-electron chi connectivity index (χ4n) is 3.47. The number of likely N-dealkylation sites (N-methyl/N-ethyl adjacent to an activating group) is 1. The molecule has 0 spiro atoms. The minimum Gasteiger partial charge on any atom is -0.494 e. The summed E-state index contributed by atoms with van der Waals surface area (Å²) >= 11 is 13.6. The molecule has 1 aromatic heterocycles. The molecule has 38 heavy (non-hydrogen) atoms. The number of anilines is 2. The standard InChI is InChI=1S/C25H24Cl2N4O4S2.ClH/c1-30(2)14-15-31(25-28-22-21(35-3)13-12-20(27)23(22)36-25)24(32)16-4-8-18(9-5-16)29-37(33,34)19-10-6-17(26)7-11-19;/h4-13,29H,14-15H2,1-3H3;1H. The average molecular weight is 616 g/mol. The number of nitrogens with zero attached hydrogens (tertiary/aromatic N) is 3. The Morgan fingerprint density at radius 2 is 1.66 bits per heavy atom. The first-order valence-electron chi connectivity index (χ1n) is 11.1. The van der Waals surface area contributed by atoms with Gasteiger partial charge in [0.15, 0.2) is 5.13 Å². The summed E-state index contributed by atoms with van der Waals surface area (Å²) in [7, 11) is 1.58. The van der Waals surface area contributed by atoms with Crippen LogP contribution in [-0.4, -0.2) is 58.5 Å². The second-order valence-electron chi connectivity index (χ2n) is 8.32. The molecule has 4 rings (SSSR count). The van der Waals surface area contributed by atoms with Crippen molar-refractivity contribution in [3.05, 3.63) is 76.3 Å². The lowest BCUT2D eigenvalue weighted by Gasteiger charge is -2.22. The molecule has 0 bridgehead atoms. The Kier molecular flexibility index (Phi) is 9.85. The number of methoxy groups -OCH3 is 1. The normalized spacial score (nSPS) is 11.3. The van der Waals surface area contributed by atoms with Crippen LogP contribution in [0.15, 0.2) is 65.6 Å². The van der Waals surface area contributed by atoms with E-state index in [1.54, 1.807) is 48.4 Å². The molecule has 202 valence electrons. The van der Waals surface area contributed by atoms with Gasteiger partial charge in [-0.25, -0.2) is 13.4 Å². The van der Waals surface area contributed by atoms with Crippen LogP contribution in [0.5, 0.6) is 5.75 Å². The molecular weight excluding hydrogens is 591 g/mol. The van der Waals surface area contributed by atoms with E-state index in [9.17, 15) is 13.2 Å². The van der Waals surface area contributed by atoms with Gasteiger partial charge in [-0.05, 0) is 74.8 Å². The molecule has 13 heteroatoms. The van der Waals surface area contributed by atoms with Crippen molar-refractivity contribution in [3.8, 4) is 5.75 Å². The number of carbonyl (C=O) groups excluding carboxylic acids is 1. The maximum Gasteiger partial charge on any atom is 0.261 e. The molecule has 1 amide bonds. The lowest BCUT2D eigenvalue weighted by molar-refractivity contribution is 0.0985. The molecule has 0 saturated heterocycles. The Bertz CT molecular complexity index is 1530. The predicted octanol–water partition coefficient (Wildman–Crippen LogP) is 6.04. The van der Waals surface area contributed by atoms with E-state index in [2.05, 4.69) is 9.71 Å². The van der Waals surface area contributed by atoms with Crippen LogP contribution in [0.3, 0.4) is 0 Å². The third kappa shape index (κ3) is 6.69. The van der Waals surface area contributed by atoms with Gasteiger partial charge in [0.2, 0.25) is 0 Å². The summed E-state index contributed by atoms with van der Waals surface area (Å²) in [6.45, 7) is 0.988. The van der Waals surface area contributed by atoms with Gasteiger partial charge in [0.25, 0.3) is 15.9 Å². The monoisotopic (exact) mass is 614 g/mol. The van der Waals surface area contributed by atoms with Crippen LogP contribution in [0, 0.1) is 0 Å². The van der Waals surface area contributed by atoms with Crippen molar-refractivity contribution in [2.45, 2.75) is 4.90 Å². The highest BCUT2D eigenvalue weighted by Crippen LogP contribution is 2.39. The Hall–Kier alpha value is -2.60. The zero-order valence-corrected chi connectivity index (χ0v) is 24.6. The number of rotatable bonds is 9. The summed E-state index contributed by atoms with van der Waals surface area (Å²) in [5.74, 6) is 0.294. The van der Waals surface area contributed by atoms with Crippen LogP contribution in [-0.2, 0) is 10.0 Å². The topological polar surface area (TPSA) is 91.8 Å². The number of hydrogen-bond donors (Lipinski definition) is 1. The molecule has 3 aromatic carbocycles. The van der Waals surface area contributed by atoms with Gasteiger partial charge in [-0.1, -0.05) is 34.5 Å². The summed E-state index contributed by atoms with van der Waals surface area (Å²) in [6.07, 6.45) is 0. The molecule has 0 aliphatic rings. The maximum absolute atomic E-state index is 13.6. The number of thiazole rings is 1. The highest BCUT2D eigenvalue weighted by molar-refractivity contribution is 7.92. The van der Waals surface area contributed by atoms with Crippen LogP contribution in [0.4, 0.5) is 10.8 Å². The predicted molar refractivity (Wildman–Crippen MR) is 157 cm³/mol. The summed E-state index contributed by atoms with van der Waals surface area (Å²) in [6, 6.07) is 15.6. The van der Waals surface area contributed by atoms with E-state index in [-0.39, 0.29) is 23.2 Å². The summed E-state index contributed by atoms with van der Waals surface area (Å²) < 4.78 is 34.0. The third-order valence-electron chi connectivity index (χ3n) is 5.42. The molecular formula is C25H25Cl3N4O4S2. The molecule has 8 nitrogen and oxygen atoms in total. The van der Waals surface area contributed by atoms with Crippen LogP contribution >= 0.6 is 46.9 Å². The zero-order chi connectivity index (χ0) is 26.7. The number of fused-ring (bicyclic) bond motifs is 1. The minimum atomic E-state index is -3.81. The Morgan fingerprint density at radius 3 is 2.26 bits per heavy atom. The van der Waals surface area contributed by atoms with Crippen LogP contribution in [0.1, 0.15) is 10.4 Å². The summed E-state index contributed by atoms with van der Waals surface area (Å²) in [5.41, 5.74) is 1.29. The fourth-order valence-corrected chi connectivity index (χ4v) is 5.94. The molecule has 4 aromatic rings. The van der Waals surface area contributed by atoms with Crippen molar-refractivity contribution in [2.75, 3.05) is 43.9 Å². The van der Waals surface area contributed by atoms with Gasteiger partial charge in [-0.15, -0.1) is 12.4 Å². The number of ether oxygens (including phenoxy) is 1. The quantitative estimate of drug-likeness (QED) is 0.247. The zero-order valence-electron chi connectivity index (χ0n) is 20.6. The number of halogens is 3. The third-order valence-corrected chi connectivity index (χ3v) is 8.61. The largest absolute Gasteiger partial charge is 0.494 e. The first-order chi connectivity index (χ1) is 17.6. The summed E-state index contributed by atoms with van der Waals surface area (Å²) in [5, 5.41) is 1.45. The highest BCUT2D eigenvalue weighted by atomic mass is 35.5. The van der Waals surface area contributed by atoms with E-state index in [0.29, 0.717) is 50.8 Å². The maximum atomic E-state index is 13.6. The van der Waals surface area contributed by atoms with Crippen molar-refractivity contribution in [3.63, 3.8) is 0 Å². The molecule has 0 fully saturated rings. The van der Waals surface area contributed by atoms with Crippen molar-refractivity contribution in [2.24, 2.45) is 0 Å². The van der Waals surface area contributed by atoms with Crippen molar-refractivity contribution in [1.29, 1.82) is 0 Å². The Morgan fingerprint density at radius 1 is 1.00 bits per heavy atom. The van der Waals surface area contributed by atoms with E-state index >= 15 is 0 Å². The van der Waals surface area contributed by atoms with Gasteiger partial charge >= 0.3 is 0 Å². The van der Waals surface area contributed by atoms with E-state index < -0.39 is 10.0 Å². The number of carbonyl (C=O) groups is 1. The molecule has 0 radical (unpaired) electrons. The van der Waals surface area contributed by atoms with Gasteiger partial charge < -0.3 is 9.64 Å². The van der Waals surface area contributed by atoms with Crippen LogP contribution < -0.4 is 14.4 Å². The van der Waals surface area contributed by atoms with Gasteiger partial charge in [-0.3, -0.25) is 14.4 Å². The fraction of sp³-hybridized carbons (Fsp3) is 0.200. The van der Waals surface area contributed by atoms with Crippen molar-refractivity contribution >= 4 is 83.9 Å². The number of amides is 1. The highest BCUT2D eigenvalue weighted by Gasteiger charge is 2.24. The molecule has 1 heterocycles. The van der Waals surface area contributed by atoms with Crippen LogP contribution in [0.2, 0.25) is 10.0 Å². The molecule has 0 unspecified atom stereocenters. The second kappa shape index (κ2) is 12.5. The Labute approximate surface area is 241 Å². The number of sulfonamides is 1. The smallest absolute Gasteiger partial charge is 0.261 e. The molecule has 0 aliphatic heterocycles. The lowest BCUT2D eigenvalue weighted by atomic mass is 10.2. The minimum absolute atomic E-state index is 0. The average Bonchev–Trinajstić information content (AvgIpc) is 3.31. The number of hydrogen-bond acceptors (Lipinski definition) is 7. The van der Waals surface area contributed by atoms with Crippen molar-refractivity contribution < 1.29 is 17.9 Å². The second-order valence-corrected chi connectivity index (χ2v) is 11.8. The van der Waals surface area contributed by atoms with Gasteiger partial charge in [-0.2, -0.15) is 0 Å². The van der Waals surface area contributed by atoms with E-state index in [0.717, 1.165) is 4.70 Å². The first-order valence-corrected chi connectivity index (χ1v) is 14.1. The van der Waals surface area contributed by atoms with Crippen molar-refractivity contribution in [1.82, 2.24) is 9.88 Å². The van der Waals surface area contributed by atoms with Gasteiger partial charge in [0.1, 0.15) is 11.3 Å². The first kappa shape index (κ1) is 29.9. The molecule has 1 N–H and O–H groups in total. The molecule has 0 aliphatic carbocycles. The number of benzene rings is 3. The van der Waals surface area contributed by atoms with E-state index in [1.807, 2.05) is 19.0 Å². The summed E-state index contributed by atoms with van der Waals surface area (Å²) in [4.78, 5) is 21.9. The molecule has 0 atom stereocenters. The Balaban J connectivity index is 0.00000400. The lowest BCUT2D eigenvalue weighted by Crippen LogP contribution is -2.36. The van der Waals surface area contributed by atoms with Gasteiger partial charge in [0.05, 0.1) is 21.7 Å². The number of aromatic nitrogens is 1.